The van der Waals surface area contributed by atoms with Crippen LogP contribution in [-0.4, -0.2) is 18.1 Å². The summed E-state index contributed by atoms with van der Waals surface area (Å²) in [5, 5.41) is 3.53. The summed E-state index contributed by atoms with van der Waals surface area (Å²) in [6.45, 7) is 10.6. The van der Waals surface area contributed by atoms with Crippen molar-refractivity contribution >= 4 is 5.97 Å². The van der Waals surface area contributed by atoms with Crippen molar-refractivity contribution in [2.24, 2.45) is 11.3 Å². The molecule has 0 unspecified atom stereocenters. The molecule has 1 saturated heterocycles. The predicted octanol–water partition coefficient (Wildman–Crippen LogP) is 3.70. The minimum absolute atomic E-state index is 0.0660. The lowest BCUT2D eigenvalue weighted by Crippen LogP contribution is -2.54. The van der Waals surface area contributed by atoms with Gasteiger partial charge in [0.05, 0.1) is 6.04 Å². The van der Waals surface area contributed by atoms with Gasteiger partial charge in [-0.25, -0.2) is 0 Å². The Hall–Kier alpha value is -1.35. The second-order valence-corrected chi connectivity index (χ2v) is 7.52. The Kier molecular flexibility index (Phi) is 4.72. The number of ether oxygens (including phenoxy) is 1. The van der Waals surface area contributed by atoms with Crippen LogP contribution in [-0.2, 0) is 9.53 Å². The highest BCUT2D eigenvalue weighted by atomic mass is 16.5. The van der Waals surface area contributed by atoms with E-state index in [1.165, 1.54) is 5.56 Å². The van der Waals surface area contributed by atoms with E-state index in [4.69, 9.17) is 4.74 Å². The second kappa shape index (κ2) is 6.18. The molecule has 0 spiro atoms. The third-order valence-corrected chi connectivity index (χ3v) is 3.88. The number of carbonyl (C=O) groups is 1. The van der Waals surface area contributed by atoms with Crippen molar-refractivity contribution in [2.75, 3.05) is 0 Å². The molecule has 1 aromatic carbocycles. The van der Waals surface area contributed by atoms with E-state index in [2.05, 4.69) is 52.1 Å². The number of esters is 1. The van der Waals surface area contributed by atoms with E-state index in [1.807, 2.05) is 18.2 Å². The molecule has 0 bridgehead atoms. The van der Waals surface area contributed by atoms with Crippen molar-refractivity contribution in [3.63, 3.8) is 0 Å². The summed E-state index contributed by atoms with van der Waals surface area (Å²) in [5.41, 5.74) is 1.27. The fraction of sp³-hybridized carbons (Fsp3) is 0.611. The van der Waals surface area contributed by atoms with Gasteiger partial charge in [-0.2, -0.15) is 0 Å². The van der Waals surface area contributed by atoms with Gasteiger partial charge >= 0.3 is 5.97 Å². The monoisotopic (exact) mass is 289 g/mol. The molecule has 2 rings (SSSR count). The molecule has 3 heteroatoms. The second-order valence-electron chi connectivity index (χ2n) is 7.52. The number of morpholine rings is 1. The highest BCUT2D eigenvalue weighted by Crippen LogP contribution is 2.32. The molecule has 1 fully saturated rings. The molecule has 1 aliphatic heterocycles. The van der Waals surface area contributed by atoms with Crippen molar-refractivity contribution in [2.45, 2.75) is 59.2 Å². The fourth-order valence-electron chi connectivity index (χ4n) is 2.89. The number of benzene rings is 1. The van der Waals surface area contributed by atoms with Crippen molar-refractivity contribution < 1.29 is 9.53 Å². The van der Waals surface area contributed by atoms with Crippen molar-refractivity contribution in [1.82, 2.24) is 5.32 Å². The summed E-state index contributed by atoms with van der Waals surface area (Å²) in [6.07, 6.45) is 0.663. The number of hydrogen-bond acceptors (Lipinski definition) is 3. The summed E-state index contributed by atoms with van der Waals surface area (Å²) >= 11 is 0. The Bertz CT molecular complexity index is 476. The molecule has 0 saturated carbocycles. The molecule has 3 atom stereocenters. The highest BCUT2D eigenvalue weighted by molar-refractivity contribution is 5.77. The maximum absolute atomic E-state index is 12.3. The van der Waals surface area contributed by atoms with Crippen LogP contribution in [0.15, 0.2) is 30.3 Å². The van der Waals surface area contributed by atoms with Gasteiger partial charge in [-0.05, 0) is 23.3 Å². The van der Waals surface area contributed by atoms with E-state index in [-0.39, 0.29) is 35.5 Å². The van der Waals surface area contributed by atoms with E-state index in [9.17, 15) is 4.79 Å². The van der Waals surface area contributed by atoms with E-state index in [0.29, 0.717) is 0 Å². The Morgan fingerprint density at radius 3 is 2.33 bits per heavy atom. The first-order valence-corrected chi connectivity index (χ1v) is 7.79. The Morgan fingerprint density at radius 1 is 1.19 bits per heavy atom. The molecule has 1 aromatic rings. The minimum Gasteiger partial charge on any atom is -0.459 e. The zero-order chi connectivity index (χ0) is 15.6. The zero-order valence-corrected chi connectivity index (χ0v) is 13.7. The van der Waals surface area contributed by atoms with E-state index >= 15 is 0 Å². The lowest BCUT2D eigenvalue weighted by Gasteiger charge is -2.40. The van der Waals surface area contributed by atoms with Crippen LogP contribution in [0.25, 0.3) is 0 Å². The van der Waals surface area contributed by atoms with Gasteiger partial charge in [-0.3, -0.25) is 10.1 Å². The topological polar surface area (TPSA) is 38.3 Å². The van der Waals surface area contributed by atoms with Crippen LogP contribution in [0, 0.1) is 11.3 Å². The third-order valence-electron chi connectivity index (χ3n) is 3.88. The quantitative estimate of drug-likeness (QED) is 0.862. The van der Waals surface area contributed by atoms with Gasteiger partial charge in [0.25, 0.3) is 0 Å². The van der Waals surface area contributed by atoms with Gasteiger partial charge in [-0.15, -0.1) is 0 Å². The van der Waals surface area contributed by atoms with Gasteiger partial charge < -0.3 is 4.74 Å². The molecule has 3 nitrogen and oxygen atoms in total. The number of nitrogens with one attached hydrogen (secondary N) is 1. The van der Waals surface area contributed by atoms with Crippen LogP contribution in [0.5, 0.6) is 0 Å². The summed E-state index contributed by atoms with van der Waals surface area (Å²) in [5.74, 6) is 0.165. The summed E-state index contributed by atoms with van der Waals surface area (Å²) in [6, 6.07) is 10.1. The SMILES string of the molecule is CC(C)[C@@H]1OC(=O)[C@H](CC(C)(C)C)N[C@@H]1c1ccccc1. The Balaban J connectivity index is 2.24. The third kappa shape index (κ3) is 4.07. The minimum atomic E-state index is -0.231. The van der Waals surface area contributed by atoms with E-state index < -0.39 is 0 Å². The maximum Gasteiger partial charge on any atom is 0.323 e. The summed E-state index contributed by atoms with van der Waals surface area (Å²) in [4.78, 5) is 12.3. The van der Waals surface area contributed by atoms with Crippen LogP contribution in [0.1, 0.15) is 52.6 Å². The van der Waals surface area contributed by atoms with Crippen molar-refractivity contribution in [3.8, 4) is 0 Å². The normalized spacial score (nSPS) is 26.8. The van der Waals surface area contributed by atoms with Crippen molar-refractivity contribution in [1.29, 1.82) is 0 Å². The first-order valence-electron chi connectivity index (χ1n) is 7.79. The van der Waals surface area contributed by atoms with Gasteiger partial charge in [0.1, 0.15) is 12.1 Å². The lowest BCUT2D eigenvalue weighted by atomic mass is 9.85. The molecule has 21 heavy (non-hydrogen) atoms. The van der Waals surface area contributed by atoms with Crippen LogP contribution in [0.2, 0.25) is 0 Å². The van der Waals surface area contributed by atoms with Gasteiger partial charge in [0.15, 0.2) is 0 Å². The largest absolute Gasteiger partial charge is 0.459 e. The molecule has 0 aromatic heterocycles. The Morgan fingerprint density at radius 2 is 1.81 bits per heavy atom. The van der Waals surface area contributed by atoms with E-state index in [1.54, 1.807) is 0 Å². The van der Waals surface area contributed by atoms with Crippen LogP contribution < -0.4 is 5.32 Å². The number of carbonyl (C=O) groups excluding carboxylic acids is 1. The van der Waals surface area contributed by atoms with Gasteiger partial charge in [0, 0.05) is 0 Å². The van der Waals surface area contributed by atoms with E-state index in [0.717, 1.165) is 6.42 Å². The number of rotatable bonds is 3. The molecule has 0 amide bonds. The molecule has 1 N–H and O–H groups in total. The van der Waals surface area contributed by atoms with Crippen LogP contribution in [0.3, 0.4) is 0 Å². The van der Waals surface area contributed by atoms with Crippen molar-refractivity contribution in [3.05, 3.63) is 35.9 Å². The zero-order valence-electron chi connectivity index (χ0n) is 13.7. The smallest absolute Gasteiger partial charge is 0.323 e. The molecule has 1 heterocycles. The first kappa shape index (κ1) is 16.0. The predicted molar refractivity (Wildman–Crippen MR) is 84.9 cm³/mol. The van der Waals surface area contributed by atoms with Crippen LogP contribution in [0.4, 0.5) is 0 Å². The fourth-order valence-corrected chi connectivity index (χ4v) is 2.89. The molecule has 116 valence electrons. The number of cyclic esters (lactones) is 1. The lowest BCUT2D eigenvalue weighted by molar-refractivity contribution is -0.164. The highest BCUT2D eigenvalue weighted by Gasteiger charge is 2.40. The molecular weight excluding hydrogens is 262 g/mol. The van der Waals surface area contributed by atoms with Gasteiger partial charge in [0.2, 0.25) is 0 Å². The first-order chi connectivity index (χ1) is 9.78. The maximum atomic E-state index is 12.3. The Labute approximate surface area is 128 Å². The molecule has 0 radical (unpaired) electrons. The number of hydrogen-bond donors (Lipinski definition) is 1. The van der Waals surface area contributed by atoms with Gasteiger partial charge in [-0.1, -0.05) is 65.0 Å². The molecule has 1 aliphatic rings. The van der Waals surface area contributed by atoms with Crippen LogP contribution >= 0.6 is 0 Å². The standard InChI is InChI=1S/C18H27NO2/c1-12(2)16-15(13-9-7-6-8-10-13)19-14(17(20)21-16)11-18(3,4)5/h6-10,12,14-16,19H,11H2,1-5H3/t14-,15+,16-/m0/s1. The average molecular weight is 289 g/mol. The molecule has 0 aliphatic carbocycles. The summed E-state index contributed by atoms with van der Waals surface area (Å²) < 4.78 is 5.77. The average Bonchev–Trinajstić information content (AvgIpc) is 2.40. The molecular formula is C18H27NO2. The summed E-state index contributed by atoms with van der Waals surface area (Å²) in [7, 11) is 0.